The predicted octanol–water partition coefficient (Wildman–Crippen LogP) is 6.49. The van der Waals surface area contributed by atoms with E-state index in [9.17, 15) is 4.79 Å². The zero-order valence-corrected chi connectivity index (χ0v) is 20.5. The van der Waals surface area contributed by atoms with E-state index in [2.05, 4.69) is 6.07 Å². The van der Waals surface area contributed by atoms with Gasteiger partial charge in [0.1, 0.15) is 5.60 Å². The third kappa shape index (κ3) is 6.14. The molecule has 0 bridgehead atoms. The molecule has 0 saturated carbocycles. The van der Waals surface area contributed by atoms with E-state index in [1.165, 1.54) is 0 Å². The van der Waals surface area contributed by atoms with Gasteiger partial charge in [0.25, 0.3) is 0 Å². The second kappa shape index (κ2) is 11.3. The molecule has 0 N–H and O–H groups in total. The van der Waals surface area contributed by atoms with Crippen LogP contribution in [0.4, 0.5) is 0 Å². The minimum Gasteiger partial charge on any atom is -0.453 e. The Kier molecular flexibility index (Phi) is 7.72. The van der Waals surface area contributed by atoms with Gasteiger partial charge in [-0.05, 0) is 37.1 Å². The molecule has 4 aromatic carbocycles. The van der Waals surface area contributed by atoms with Crippen LogP contribution in [0.2, 0.25) is 0 Å². The maximum atomic E-state index is 13.7. The van der Waals surface area contributed by atoms with Crippen molar-refractivity contribution in [2.75, 3.05) is 0 Å². The number of hydrogen-bond acceptors (Lipinski definition) is 4. The van der Waals surface area contributed by atoms with Crippen molar-refractivity contribution in [1.82, 2.24) is 0 Å². The van der Waals surface area contributed by atoms with Gasteiger partial charge in [0, 0.05) is 17.5 Å². The van der Waals surface area contributed by atoms with Crippen molar-refractivity contribution >= 4 is 11.7 Å². The van der Waals surface area contributed by atoms with Gasteiger partial charge in [0.2, 0.25) is 0 Å². The van der Waals surface area contributed by atoms with Crippen molar-refractivity contribution < 1.29 is 9.53 Å². The van der Waals surface area contributed by atoms with Crippen LogP contribution in [0.15, 0.2) is 120 Å². The minimum atomic E-state index is -0.823. The summed E-state index contributed by atoms with van der Waals surface area (Å²) in [6.07, 6.45) is 0.346. The van der Waals surface area contributed by atoms with Gasteiger partial charge in [-0.1, -0.05) is 103 Å². The number of carbonyl (C=O) groups is 1. The number of benzene rings is 4. The van der Waals surface area contributed by atoms with Crippen LogP contribution >= 0.6 is 0 Å². The average Bonchev–Trinajstić information content (AvgIpc) is 2.92. The van der Waals surface area contributed by atoms with Crippen LogP contribution in [0.5, 0.6) is 0 Å². The molecule has 36 heavy (non-hydrogen) atoms. The Bertz CT molecular complexity index is 1310. The zero-order chi connectivity index (χ0) is 25.4. The van der Waals surface area contributed by atoms with Gasteiger partial charge in [0.05, 0.1) is 17.3 Å². The lowest BCUT2D eigenvalue weighted by molar-refractivity contribution is -0.159. The number of carbonyl (C=O) groups excluding carboxylic acids is 1. The second-order valence-electron chi connectivity index (χ2n) is 9.04. The lowest BCUT2D eigenvalue weighted by Crippen LogP contribution is -2.33. The molecule has 0 saturated heterocycles. The molecular weight excluding hydrogens is 444 g/mol. The molecule has 1 atom stereocenters. The van der Waals surface area contributed by atoms with Crippen molar-refractivity contribution in [1.29, 1.82) is 5.26 Å². The highest BCUT2D eigenvalue weighted by molar-refractivity contribution is 6.13. The summed E-state index contributed by atoms with van der Waals surface area (Å²) in [7, 11) is 0. The van der Waals surface area contributed by atoms with Crippen molar-refractivity contribution in [3.63, 3.8) is 0 Å². The zero-order valence-electron chi connectivity index (χ0n) is 20.5. The number of nitriles is 1. The van der Waals surface area contributed by atoms with Crippen LogP contribution in [0.25, 0.3) is 0 Å². The number of esters is 1. The first kappa shape index (κ1) is 24.6. The molecule has 0 radical (unpaired) electrons. The van der Waals surface area contributed by atoms with Crippen LogP contribution in [0.1, 0.15) is 41.7 Å². The molecule has 4 rings (SSSR count). The number of ether oxygens (including phenoxy) is 1. The fraction of sp³-hybridized carbons (Fsp3) is 0.156. The van der Waals surface area contributed by atoms with E-state index in [1.54, 1.807) is 12.1 Å². The first-order valence-electron chi connectivity index (χ1n) is 11.9. The highest BCUT2D eigenvalue weighted by atomic mass is 16.6. The van der Waals surface area contributed by atoms with Crippen LogP contribution in [0.3, 0.4) is 0 Å². The number of rotatable bonds is 8. The molecule has 0 aliphatic carbocycles. The summed E-state index contributed by atoms with van der Waals surface area (Å²) >= 11 is 0. The SMILES string of the molecule is CC(C)(OC(=O)[C@@H](Cc1ccc(C#N)cc1)N=C(c1ccccc1)c1ccccc1)c1ccccc1. The van der Waals surface area contributed by atoms with Crippen LogP contribution in [-0.2, 0) is 21.6 Å². The van der Waals surface area contributed by atoms with Crippen molar-refractivity contribution in [2.45, 2.75) is 31.9 Å². The molecule has 0 fully saturated rings. The summed E-state index contributed by atoms with van der Waals surface area (Å²) in [5.74, 6) is -0.405. The van der Waals surface area contributed by atoms with E-state index in [-0.39, 0.29) is 0 Å². The maximum absolute atomic E-state index is 13.7. The summed E-state index contributed by atoms with van der Waals surface area (Å²) in [6, 6.07) is 38.0. The van der Waals surface area contributed by atoms with Gasteiger partial charge in [-0.15, -0.1) is 0 Å². The van der Waals surface area contributed by atoms with E-state index in [4.69, 9.17) is 15.0 Å². The van der Waals surface area contributed by atoms with E-state index >= 15 is 0 Å². The first-order chi connectivity index (χ1) is 17.5. The fourth-order valence-corrected chi connectivity index (χ4v) is 4.00. The van der Waals surface area contributed by atoms with E-state index in [0.717, 1.165) is 28.0 Å². The molecule has 0 aliphatic heterocycles. The van der Waals surface area contributed by atoms with Gasteiger partial charge < -0.3 is 4.74 Å². The largest absolute Gasteiger partial charge is 0.453 e. The molecule has 0 unspecified atom stereocenters. The Hall–Kier alpha value is -4.49. The smallest absolute Gasteiger partial charge is 0.332 e. The van der Waals surface area contributed by atoms with Gasteiger partial charge in [-0.3, -0.25) is 4.99 Å². The van der Waals surface area contributed by atoms with E-state index in [0.29, 0.717) is 12.0 Å². The Balaban J connectivity index is 1.75. The van der Waals surface area contributed by atoms with Gasteiger partial charge in [-0.2, -0.15) is 5.26 Å². The number of aliphatic imine (C=N–C) groups is 1. The van der Waals surface area contributed by atoms with Crippen molar-refractivity contribution in [3.05, 3.63) is 143 Å². The van der Waals surface area contributed by atoms with E-state index in [1.807, 2.05) is 117 Å². The molecule has 0 heterocycles. The monoisotopic (exact) mass is 472 g/mol. The Morgan fingerprint density at radius 3 is 1.81 bits per heavy atom. The predicted molar refractivity (Wildman–Crippen MR) is 143 cm³/mol. The number of nitrogens with zero attached hydrogens (tertiary/aromatic N) is 2. The van der Waals surface area contributed by atoms with Gasteiger partial charge in [0.15, 0.2) is 6.04 Å². The molecular formula is C32H28N2O2. The topological polar surface area (TPSA) is 62.5 Å². The summed E-state index contributed by atoms with van der Waals surface area (Å²) in [4.78, 5) is 18.7. The third-order valence-electron chi connectivity index (χ3n) is 5.99. The Morgan fingerprint density at radius 2 is 1.31 bits per heavy atom. The molecule has 0 aliphatic rings. The molecule has 0 aromatic heterocycles. The average molecular weight is 473 g/mol. The first-order valence-corrected chi connectivity index (χ1v) is 11.9. The van der Waals surface area contributed by atoms with E-state index < -0.39 is 17.6 Å². The second-order valence-corrected chi connectivity index (χ2v) is 9.04. The lowest BCUT2D eigenvalue weighted by atomic mass is 9.97. The highest BCUT2D eigenvalue weighted by Crippen LogP contribution is 2.26. The summed E-state index contributed by atoms with van der Waals surface area (Å²) in [6.45, 7) is 3.77. The molecule has 4 nitrogen and oxygen atoms in total. The van der Waals surface area contributed by atoms with Crippen LogP contribution < -0.4 is 0 Å². The van der Waals surface area contributed by atoms with Crippen LogP contribution in [-0.4, -0.2) is 17.7 Å². The van der Waals surface area contributed by atoms with Crippen LogP contribution in [0, 0.1) is 11.3 Å². The molecule has 0 spiro atoms. The normalized spacial score (nSPS) is 11.7. The Labute approximate surface area is 212 Å². The molecule has 178 valence electrons. The Morgan fingerprint density at radius 1 is 0.806 bits per heavy atom. The standard InChI is InChI=1S/C32H28N2O2/c1-32(2,28-16-10-5-11-17-28)36-31(35)29(22-24-18-20-25(23-33)21-19-24)34-30(26-12-6-3-7-13-26)27-14-8-4-9-15-27/h3-21,29H,22H2,1-2H3/t29-/m1/s1. The van der Waals surface area contributed by atoms with Gasteiger partial charge >= 0.3 is 5.97 Å². The molecule has 4 aromatic rings. The summed E-state index contributed by atoms with van der Waals surface area (Å²) in [5, 5.41) is 9.16. The minimum absolute atomic E-state index is 0.346. The third-order valence-corrected chi connectivity index (χ3v) is 5.99. The molecule has 0 amide bonds. The van der Waals surface area contributed by atoms with Gasteiger partial charge in [-0.25, -0.2) is 4.79 Å². The summed E-state index contributed by atoms with van der Waals surface area (Å²) < 4.78 is 6.08. The molecule has 4 heteroatoms. The number of hydrogen-bond donors (Lipinski definition) is 0. The lowest BCUT2D eigenvalue weighted by Gasteiger charge is -2.27. The summed E-state index contributed by atoms with van der Waals surface area (Å²) in [5.41, 5.74) is 4.12. The fourth-order valence-electron chi connectivity index (χ4n) is 4.00. The quantitative estimate of drug-likeness (QED) is 0.218. The van der Waals surface area contributed by atoms with Crippen molar-refractivity contribution in [2.24, 2.45) is 4.99 Å². The maximum Gasteiger partial charge on any atom is 0.332 e. The van der Waals surface area contributed by atoms with Crippen molar-refractivity contribution in [3.8, 4) is 6.07 Å². The highest BCUT2D eigenvalue weighted by Gasteiger charge is 2.30.